The number of aromatic nitrogens is 1. The number of carbonyl (C=O) groups excluding carboxylic acids is 1. The number of amides is 1. The molecule has 0 spiro atoms. The number of carbonyl (C=O) groups is 1. The highest BCUT2D eigenvalue weighted by atomic mass is 35.5. The van der Waals surface area contributed by atoms with Crippen molar-refractivity contribution in [1.82, 2.24) is 15.0 Å². The van der Waals surface area contributed by atoms with Crippen LogP contribution < -0.4 is 14.8 Å². The predicted molar refractivity (Wildman–Crippen MR) is 167 cm³/mol. The number of halogens is 2. The average Bonchev–Trinajstić information content (AvgIpc) is 2.96. The average molecular weight is 636 g/mol. The Morgan fingerprint density at radius 2 is 1.79 bits per heavy atom. The summed E-state index contributed by atoms with van der Waals surface area (Å²) in [4.78, 5) is 16.9. The molecule has 1 heterocycles. The first-order chi connectivity index (χ1) is 19.3. The number of nitrogens with one attached hydrogen (secondary N) is 2. The summed E-state index contributed by atoms with van der Waals surface area (Å²) in [6.45, 7) is 1.14. The van der Waals surface area contributed by atoms with Crippen molar-refractivity contribution in [2.75, 3.05) is 18.8 Å². The van der Waals surface area contributed by atoms with Crippen LogP contribution in [0, 0.1) is 11.3 Å². The fraction of sp³-hybridized carbons (Fsp3) is 0.367. The lowest BCUT2D eigenvalue weighted by Crippen LogP contribution is -2.32. The van der Waals surface area contributed by atoms with Crippen LogP contribution in [-0.2, 0) is 16.4 Å². The van der Waals surface area contributed by atoms with Gasteiger partial charge in [-0.2, -0.15) is 5.26 Å². The Balaban J connectivity index is 0.00000308. The Bertz CT molecular complexity index is 1430. The van der Waals surface area contributed by atoms with Gasteiger partial charge in [0.15, 0.2) is 5.75 Å². The lowest BCUT2D eigenvalue weighted by atomic mass is 9.97. The normalized spacial score (nSPS) is 14.0. The number of aliphatic hydroxyl groups excluding tert-OH is 1. The molecule has 3 N–H and O–H groups in total. The number of pyridine rings is 1. The van der Waals surface area contributed by atoms with E-state index in [4.69, 9.17) is 10.00 Å². The van der Waals surface area contributed by atoms with Crippen LogP contribution in [0.2, 0.25) is 0 Å². The maximum Gasteiger partial charge on any atom is 0.268 e. The molecule has 0 saturated heterocycles. The van der Waals surface area contributed by atoms with Gasteiger partial charge in [0.1, 0.15) is 5.75 Å². The van der Waals surface area contributed by atoms with Crippen LogP contribution in [0.1, 0.15) is 59.7 Å². The lowest BCUT2D eigenvalue weighted by molar-refractivity contribution is 0.0969. The number of hydrogen-bond donors (Lipinski definition) is 3. The molecule has 1 aliphatic rings. The Kier molecular flexibility index (Phi) is 14.2. The van der Waals surface area contributed by atoms with Crippen molar-refractivity contribution in [3.05, 3.63) is 83.7 Å². The van der Waals surface area contributed by atoms with Gasteiger partial charge in [0.05, 0.1) is 23.8 Å². The minimum Gasteiger partial charge on any atom is -0.490 e. The van der Waals surface area contributed by atoms with Gasteiger partial charge in [0.25, 0.3) is 5.91 Å². The fourth-order valence-corrected chi connectivity index (χ4v) is 5.33. The van der Waals surface area contributed by atoms with Crippen molar-refractivity contribution < 1.29 is 23.1 Å². The molecule has 1 aliphatic carbocycles. The molecule has 226 valence electrons. The smallest absolute Gasteiger partial charge is 0.268 e. The van der Waals surface area contributed by atoms with Crippen LogP contribution in [0.5, 0.6) is 5.75 Å². The van der Waals surface area contributed by atoms with Gasteiger partial charge in [0, 0.05) is 24.5 Å². The summed E-state index contributed by atoms with van der Waals surface area (Å²) in [6.07, 6.45) is 8.44. The van der Waals surface area contributed by atoms with Crippen LogP contribution in [0.4, 0.5) is 0 Å². The molecule has 2 aromatic carbocycles. The lowest BCUT2D eigenvalue weighted by Gasteiger charge is -2.24. The zero-order valence-corrected chi connectivity index (χ0v) is 25.5. The van der Waals surface area contributed by atoms with Gasteiger partial charge in [-0.25, -0.2) is 13.1 Å². The third-order valence-corrected chi connectivity index (χ3v) is 7.86. The standard InChI is InChI=1S/C30H34N4O5S.2ClH/c31-15-18-40(37,38)34-30(36)27-13-12-24(19-29(27)39-26-6-2-1-3-7-26)23-10-8-22(9-11-23)14-17-33-21-28(35)25-5-4-16-32-20-25;;/h4-5,8-13,16,19-20,26,28,33,35H,1-3,6-7,14,17-18,21H2,(H,34,36);2*1H/t28-;;/m1../s1. The molecule has 1 fully saturated rings. The van der Waals surface area contributed by atoms with E-state index in [9.17, 15) is 18.3 Å². The second-order valence-corrected chi connectivity index (χ2v) is 11.6. The van der Waals surface area contributed by atoms with Gasteiger partial charge >= 0.3 is 0 Å². The Morgan fingerprint density at radius 1 is 1.07 bits per heavy atom. The van der Waals surface area contributed by atoms with Gasteiger partial charge in [-0.3, -0.25) is 9.78 Å². The summed E-state index contributed by atoms with van der Waals surface area (Å²) in [5.41, 5.74) is 3.79. The molecule has 9 nitrogen and oxygen atoms in total. The molecule has 1 amide bonds. The van der Waals surface area contributed by atoms with Crippen LogP contribution in [0.25, 0.3) is 11.1 Å². The highest BCUT2D eigenvalue weighted by molar-refractivity contribution is 7.90. The SMILES string of the molecule is Cl.Cl.N#CCS(=O)(=O)NC(=O)c1ccc(-c2ccc(CCNC[C@@H](O)c3cccnc3)cc2)cc1OC1CCCCC1. The first-order valence-electron chi connectivity index (χ1n) is 13.4. The van der Waals surface area contributed by atoms with Crippen LogP contribution in [0.3, 0.4) is 0 Å². The van der Waals surface area contributed by atoms with Crippen molar-refractivity contribution in [2.45, 2.75) is 50.7 Å². The van der Waals surface area contributed by atoms with E-state index in [0.29, 0.717) is 18.8 Å². The largest absolute Gasteiger partial charge is 0.490 e. The summed E-state index contributed by atoms with van der Waals surface area (Å²) in [6, 6.07) is 18.4. The van der Waals surface area contributed by atoms with Gasteiger partial charge in [-0.05, 0) is 73.5 Å². The van der Waals surface area contributed by atoms with E-state index in [1.807, 2.05) is 35.1 Å². The molecule has 0 bridgehead atoms. The minimum atomic E-state index is -4.06. The molecular formula is C30H36Cl2N4O5S. The van der Waals surface area contributed by atoms with Crippen molar-refractivity contribution in [2.24, 2.45) is 0 Å². The Labute approximate surface area is 259 Å². The van der Waals surface area contributed by atoms with E-state index >= 15 is 0 Å². The van der Waals surface area contributed by atoms with E-state index in [1.165, 1.54) is 0 Å². The topological polar surface area (TPSA) is 141 Å². The first kappa shape index (κ1) is 35.0. The quantitative estimate of drug-likeness (QED) is 0.242. The van der Waals surface area contributed by atoms with E-state index in [0.717, 1.165) is 60.8 Å². The zero-order valence-electron chi connectivity index (χ0n) is 23.1. The van der Waals surface area contributed by atoms with Gasteiger partial charge in [-0.15, -0.1) is 24.8 Å². The first-order valence-corrected chi connectivity index (χ1v) is 15.1. The van der Waals surface area contributed by atoms with Gasteiger partial charge < -0.3 is 15.2 Å². The summed E-state index contributed by atoms with van der Waals surface area (Å²) in [5, 5.41) is 22.3. The Hall–Kier alpha value is -3.20. The maximum absolute atomic E-state index is 12.8. The minimum absolute atomic E-state index is 0. The van der Waals surface area contributed by atoms with Crippen LogP contribution >= 0.6 is 24.8 Å². The van der Waals surface area contributed by atoms with E-state index < -0.39 is 27.8 Å². The third-order valence-electron chi connectivity index (χ3n) is 6.86. The molecule has 3 aromatic rings. The molecule has 12 heteroatoms. The summed E-state index contributed by atoms with van der Waals surface area (Å²) in [7, 11) is -4.06. The molecule has 0 radical (unpaired) electrons. The number of ether oxygens (including phenoxy) is 1. The molecule has 42 heavy (non-hydrogen) atoms. The molecule has 0 aliphatic heterocycles. The molecular weight excluding hydrogens is 599 g/mol. The van der Waals surface area contributed by atoms with Crippen molar-refractivity contribution in [3.63, 3.8) is 0 Å². The van der Waals surface area contributed by atoms with Gasteiger partial charge in [-0.1, -0.05) is 42.8 Å². The molecule has 1 saturated carbocycles. The van der Waals surface area contributed by atoms with Crippen molar-refractivity contribution >= 4 is 40.7 Å². The number of benzene rings is 2. The van der Waals surface area contributed by atoms with E-state index in [2.05, 4.69) is 10.3 Å². The van der Waals surface area contributed by atoms with Crippen molar-refractivity contribution in [1.29, 1.82) is 5.26 Å². The van der Waals surface area contributed by atoms with Crippen LogP contribution in [0.15, 0.2) is 67.0 Å². The van der Waals surface area contributed by atoms with E-state index in [1.54, 1.807) is 42.7 Å². The Morgan fingerprint density at radius 3 is 2.45 bits per heavy atom. The van der Waals surface area contributed by atoms with Crippen molar-refractivity contribution in [3.8, 4) is 22.9 Å². The monoisotopic (exact) mass is 634 g/mol. The number of hydrogen-bond acceptors (Lipinski definition) is 8. The highest BCUT2D eigenvalue weighted by Crippen LogP contribution is 2.31. The second kappa shape index (κ2) is 17.0. The fourth-order valence-electron chi connectivity index (χ4n) is 4.69. The highest BCUT2D eigenvalue weighted by Gasteiger charge is 2.23. The van der Waals surface area contributed by atoms with Gasteiger partial charge in [0.2, 0.25) is 10.0 Å². The maximum atomic E-state index is 12.8. The summed E-state index contributed by atoms with van der Waals surface area (Å²) in [5.74, 6) is -1.29. The molecule has 0 unspecified atom stereocenters. The zero-order chi connectivity index (χ0) is 28.4. The van der Waals surface area contributed by atoms with E-state index in [-0.39, 0.29) is 36.5 Å². The number of aliphatic hydroxyl groups is 1. The predicted octanol–water partition coefficient (Wildman–Crippen LogP) is 4.75. The molecule has 1 atom stereocenters. The number of nitrogens with zero attached hydrogens (tertiary/aromatic N) is 2. The number of sulfonamides is 1. The third kappa shape index (κ3) is 10.3. The van der Waals surface area contributed by atoms with Crippen LogP contribution in [-0.4, -0.2) is 49.4 Å². The number of rotatable bonds is 12. The molecule has 4 rings (SSSR count). The molecule has 1 aromatic heterocycles. The second-order valence-electron chi connectivity index (χ2n) is 9.89. The summed E-state index contributed by atoms with van der Waals surface area (Å²) < 4.78 is 32.2. The summed E-state index contributed by atoms with van der Waals surface area (Å²) >= 11 is 0. The number of nitriles is 1.